The van der Waals surface area contributed by atoms with Gasteiger partial charge >= 0.3 is 0 Å². The predicted molar refractivity (Wildman–Crippen MR) is 206 cm³/mol. The SMILES string of the molecule is COC1C(CN2O[C@@H](CO)[C@@H]([C@H](C)O)[C@H]2C(=O)N[C@H]2C[C@H]3C[C@@H]([C@@H]2C)C3(C)C)CCCC1C1CC(C(=O)NCCSSCCN)CC(N(C)C)C1. The number of methoxy groups -OCH3 is 1. The Hall–Kier alpha value is -0.640. The van der Waals surface area contributed by atoms with Crippen molar-refractivity contribution in [3.05, 3.63) is 0 Å². The molecule has 6 aliphatic rings. The highest BCUT2D eigenvalue weighted by Gasteiger charge is 2.58. The van der Waals surface area contributed by atoms with Crippen LogP contribution in [-0.4, -0.2) is 127 Å². The number of amides is 2. The number of rotatable bonds is 16. The van der Waals surface area contributed by atoms with Gasteiger partial charge in [-0.3, -0.25) is 14.4 Å². The molecule has 11 nitrogen and oxygen atoms in total. The number of nitrogens with two attached hydrogens (primary N) is 1. The lowest BCUT2D eigenvalue weighted by Gasteiger charge is -2.62. The minimum absolute atomic E-state index is 0.0402. The van der Waals surface area contributed by atoms with Crippen LogP contribution in [0.3, 0.4) is 0 Å². The molecule has 1 saturated heterocycles. The minimum Gasteiger partial charge on any atom is -0.394 e. The Kier molecular flexibility index (Phi) is 14.9. The maximum Gasteiger partial charge on any atom is 0.240 e. The number of hydrogen-bond donors (Lipinski definition) is 5. The fraction of sp³-hybridized carbons (Fsp3) is 0.947. The molecule has 1 aliphatic heterocycles. The molecule has 0 radical (unpaired) electrons. The highest BCUT2D eigenvalue weighted by Crippen LogP contribution is 2.61. The molecule has 0 aromatic rings. The van der Waals surface area contributed by atoms with Gasteiger partial charge in [0.25, 0.3) is 0 Å². The fourth-order valence-corrected chi connectivity index (χ4v) is 12.7. The van der Waals surface area contributed by atoms with Crippen LogP contribution in [0.5, 0.6) is 0 Å². The first-order valence-electron chi connectivity index (χ1n) is 19.8. The zero-order valence-corrected chi connectivity index (χ0v) is 33.9. The Morgan fingerprint density at radius 1 is 1.10 bits per heavy atom. The van der Waals surface area contributed by atoms with Gasteiger partial charge in [-0.05, 0) is 101 Å². The van der Waals surface area contributed by atoms with Crippen molar-refractivity contribution < 1.29 is 29.4 Å². The second-order valence-electron chi connectivity index (χ2n) is 17.3. The Balaban J connectivity index is 1.27. The summed E-state index contributed by atoms with van der Waals surface area (Å²) in [4.78, 5) is 36.4. The van der Waals surface area contributed by atoms with E-state index in [1.165, 1.54) is 6.42 Å². The van der Waals surface area contributed by atoms with E-state index >= 15 is 0 Å². The van der Waals surface area contributed by atoms with Gasteiger partial charge in [-0.25, -0.2) is 0 Å². The van der Waals surface area contributed by atoms with E-state index in [0.717, 1.165) is 56.5 Å². The normalized spacial score (nSPS) is 40.1. The lowest BCUT2D eigenvalue weighted by atomic mass is 9.45. The maximum atomic E-state index is 14.3. The average molecular weight is 756 g/mol. The summed E-state index contributed by atoms with van der Waals surface area (Å²) in [5, 5.41) is 29.7. The number of fused-ring (bicyclic) bond motifs is 2. The van der Waals surface area contributed by atoms with Crippen molar-refractivity contribution in [3.63, 3.8) is 0 Å². The largest absolute Gasteiger partial charge is 0.394 e. The number of nitrogens with one attached hydrogen (secondary N) is 2. The first-order valence-corrected chi connectivity index (χ1v) is 22.2. The summed E-state index contributed by atoms with van der Waals surface area (Å²) >= 11 is 0. The van der Waals surface area contributed by atoms with Gasteiger partial charge in [0.05, 0.1) is 18.8 Å². The molecule has 2 amide bonds. The second kappa shape index (κ2) is 18.3. The lowest BCUT2D eigenvalue weighted by molar-refractivity contribution is -0.193. The molecule has 6 fully saturated rings. The van der Waals surface area contributed by atoms with E-state index in [1.807, 2.05) is 0 Å². The third kappa shape index (κ3) is 9.26. The van der Waals surface area contributed by atoms with Crippen LogP contribution in [0.15, 0.2) is 0 Å². The predicted octanol–water partition coefficient (Wildman–Crippen LogP) is 3.38. The summed E-state index contributed by atoms with van der Waals surface area (Å²) in [5.74, 6) is 3.55. The highest BCUT2D eigenvalue weighted by atomic mass is 33.1. The molecule has 0 aromatic heterocycles. The average Bonchev–Trinajstić information content (AvgIpc) is 3.48. The van der Waals surface area contributed by atoms with Crippen molar-refractivity contribution in [2.45, 2.75) is 115 Å². The van der Waals surface area contributed by atoms with Gasteiger partial charge in [0.1, 0.15) is 12.1 Å². The number of hydrogen-bond acceptors (Lipinski definition) is 11. The first-order chi connectivity index (χ1) is 24.3. The standard InChI is InChI=1S/C38H69N5O6S2/c1-22-30-18-27(38(30,3)4)19-31(22)41-37(47)34-33(23(2)45)32(21-44)49-43(34)20-24-9-8-10-29(35(24)48-7)25-15-26(17-28(16-25)42(5)6)36(46)40-12-14-51-50-13-11-39/h22-35,44-45H,8-21,39H2,1-7H3,(H,40,46)(H,41,47)/t22-,23-,24?,25?,26?,27+,28?,29?,30-,31-,32-,33+,34-,35?/m0/s1. The molecule has 5 aliphatic carbocycles. The molecular weight excluding hydrogens is 687 g/mol. The van der Waals surface area contributed by atoms with Crippen LogP contribution in [0.4, 0.5) is 0 Å². The Bertz CT molecular complexity index is 1150. The fourth-order valence-electron chi connectivity index (χ4n) is 10.9. The number of aliphatic hydroxyl groups excluding tert-OH is 2. The molecule has 6 N–H and O–H groups in total. The molecular formula is C38H69N5O6S2. The summed E-state index contributed by atoms with van der Waals surface area (Å²) < 4.78 is 6.37. The van der Waals surface area contributed by atoms with Crippen LogP contribution in [0.1, 0.15) is 79.1 Å². The lowest BCUT2D eigenvalue weighted by Crippen LogP contribution is -2.62. The van der Waals surface area contributed by atoms with E-state index in [4.69, 9.17) is 15.3 Å². The molecule has 0 aromatic carbocycles. The monoisotopic (exact) mass is 755 g/mol. The van der Waals surface area contributed by atoms with E-state index in [-0.39, 0.29) is 48.3 Å². The molecule has 6 rings (SSSR count). The van der Waals surface area contributed by atoms with Crippen LogP contribution in [-0.2, 0) is 19.2 Å². The molecule has 1 heterocycles. The van der Waals surface area contributed by atoms with Crippen molar-refractivity contribution in [3.8, 4) is 0 Å². The van der Waals surface area contributed by atoms with Gasteiger partial charge in [-0.15, -0.1) is 0 Å². The van der Waals surface area contributed by atoms with Crippen LogP contribution < -0.4 is 16.4 Å². The summed E-state index contributed by atoms with van der Waals surface area (Å²) in [6.45, 7) is 10.2. The summed E-state index contributed by atoms with van der Waals surface area (Å²) in [6, 6.07) is -0.288. The molecule has 5 saturated carbocycles. The Morgan fingerprint density at radius 2 is 1.84 bits per heavy atom. The van der Waals surface area contributed by atoms with Gasteiger partial charge in [0.15, 0.2) is 0 Å². The third-order valence-electron chi connectivity index (χ3n) is 13.9. The zero-order chi connectivity index (χ0) is 37.0. The molecule has 2 bridgehead atoms. The van der Waals surface area contributed by atoms with Crippen LogP contribution in [0, 0.1) is 52.8 Å². The zero-order valence-electron chi connectivity index (χ0n) is 32.3. The number of hydroxylamine groups is 2. The van der Waals surface area contributed by atoms with E-state index in [1.54, 1.807) is 40.7 Å². The van der Waals surface area contributed by atoms with Crippen molar-refractivity contribution in [2.75, 3.05) is 59.0 Å². The van der Waals surface area contributed by atoms with Gasteiger partial charge in [0, 0.05) is 68.1 Å². The molecule has 0 spiro atoms. The van der Waals surface area contributed by atoms with Gasteiger partial charge in [-0.2, -0.15) is 5.06 Å². The number of carbonyl (C=O) groups excluding carboxylic acids is 2. The first kappa shape index (κ1) is 41.5. The van der Waals surface area contributed by atoms with Gasteiger partial charge in [-0.1, -0.05) is 48.8 Å². The number of ether oxygens (including phenoxy) is 1. The van der Waals surface area contributed by atoms with E-state index in [0.29, 0.717) is 54.8 Å². The summed E-state index contributed by atoms with van der Waals surface area (Å²) in [7, 11) is 9.55. The Morgan fingerprint density at radius 3 is 2.47 bits per heavy atom. The third-order valence-corrected chi connectivity index (χ3v) is 16.4. The van der Waals surface area contributed by atoms with Crippen LogP contribution >= 0.6 is 21.6 Å². The smallest absolute Gasteiger partial charge is 0.240 e. The highest BCUT2D eigenvalue weighted by molar-refractivity contribution is 8.76. The van der Waals surface area contributed by atoms with Gasteiger partial charge < -0.3 is 36.2 Å². The molecule has 14 atom stereocenters. The van der Waals surface area contributed by atoms with Crippen molar-refractivity contribution in [2.24, 2.45) is 58.5 Å². The minimum atomic E-state index is -0.826. The molecule has 294 valence electrons. The topological polar surface area (TPSA) is 150 Å². The van der Waals surface area contributed by atoms with Crippen molar-refractivity contribution in [1.29, 1.82) is 0 Å². The van der Waals surface area contributed by atoms with E-state index in [9.17, 15) is 19.8 Å². The second-order valence-corrected chi connectivity index (χ2v) is 20.0. The Labute approximate surface area is 315 Å². The molecule has 51 heavy (non-hydrogen) atoms. The quantitative estimate of drug-likeness (QED) is 0.117. The molecule has 6 unspecified atom stereocenters. The summed E-state index contributed by atoms with van der Waals surface area (Å²) in [6.07, 6.45) is 6.44. The molecule has 13 heteroatoms. The van der Waals surface area contributed by atoms with E-state index in [2.05, 4.69) is 50.4 Å². The number of nitrogens with zero attached hydrogens (tertiary/aromatic N) is 2. The number of carbonyl (C=O) groups is 2. The van der Waals surface area contributed by atoms with Crippen molar-refractivity contribution >= 4 is 33.4 Å². The van der Waals surface area contributed by atoms with Crippen LogP contribution in [0.2, 0.25) is 0 Å². The number of aliphatic hydroxyl groups is 2. The van der Waals surface area contributed by atoms with E-state index < -0.39 is 24.2 Å². The maximum absolute atomic E-state index is 14.3. The van der Waals surface area contributed by atoms with Crippen LogP contribution in [0.25, 0.3) is 0 Å². The van der Waals surface area contributed by atoms with Crippen molar-refractivity contribution in [1.82, 2.24) is 20.6 Å². The summed E-state index contributed by atoms with van der Waals surface area (Å²) in [5.41, 5.74) is 5.92. The van der Waals surface area contributed by atoms with Gasteiger partial charge in [0.2, 0.25) is 11.8 Å².